The van der Waals surface area contributed by atoms with Crippen molar-refractivity contribution in [1.82, 2.24) is 14.9 Å². The standard InChI is InChI=1S/C19H23N3O/c23-19(16-6-7-17-18(11-16)21-13-20-17)22-9-8-15(12-22)10-14-4-2-1-3-5-14/h1-5,13,15-16H,6-12H2,(H,20,21)/t15-,16+/m0/s1. The van der Waals surface area contributed by atoms with Gasteiger partial charge in [-0.2, -0.15) is 0 Å². The van der Waals surface area contributed by atoms with Gasteiger partial charge in [0.2, 0.25) is 5.91 Å². The molecule has 2 aliphatic rings. The van der Waals surface area contributed by atoms with E-state index in [-0.39, 0.29) is 5.92 Å². The molecule has 1 aromatic heterocycles. The minimum atomic E-state index is 0.137. The van der Waals surface area contributed by atoms with E-state index in [1.54, 1.807) is 6.33 Å². The molecule has 2 atom stereocenters. The number of nitrogens with zero attached hydrogens (tertiary/aromatic N) is 2. The van der Waals surface area contributed by atoms with E-state index in [0.717, 1.165) is 56.6 Å². The average molecular weight is 309 g/mol. The summed E-state index contributed by atoms with van der Waals surface area (Å²) < 4.78 is 0. The lowest BCUT2D eigenvalue weighted by molar-refractivity contribution is -0.135. The summed E-state index contributed by atoms with van der Waals surface area (Å²) in [4.78, 5) is 22.4. The predicted molar refractivity (Wildman–Crippen MR) is 88.9 cm³/mol. The average Bonchev–Trinajstić information content (AvgIpc) is 3.23. The van der Waals surface area contributed by atoms with Crippen LogP contribution in [0.15, 0.2) is 36.7 Å². The lowest BCUT2D eigenvalue weighted by Crippen LogP contribution is -2.37. The van der Waals surface area contributed by atoms with Gasteiger partial charge in [0.25, 0.3) is 0 Å². The van der Waals surface area contributed by atoms with Gasteiger partial charge in [0, 0.05) is 31.1 Å². The van der Waals surface area contributed by atoms with Crippen molar-refractivity contribution in [2.24, 2.45) is 11.8 Å². The highest BCUT2D eigenvalue weighted by Crippen LogP contribution is 2.28. The van der Waals surface area contributed by atoms with Crippen LogP contribution in [0.4, 0.5) is 0 Å². The third-order valence-corrected chi connectivity index (χ3v) is 5.30. The molecule has 2 aromatic rings. The van der Waals surface area contributed by atoms with E-state index in [1.165, 1.54) is 5.56 Å². The molecule has 1 N–H and O–H groups in total. The Morgan fingerprint density at radius 2 is 2.13 bits per heavy atom. The third kappa shape index (κ3) is 3.03. The van der Waals surface area contributed by atoms with E-state index in [0.29, 0.717) is 11.8 Å². The van der Waals surface area contributed by atoms with Crippen molar-refractivity contribution in [3.63, 3.8) is 0 Å². The fourth-order valence-corrected chi connectivity index (χ4v) is 4.02. The van der Waals surface area contributed by atoms with E-state index in [2.05, 4.69) is 45.2 Å². The maximum atomic E-state index is 12.8. The summed E-state index contributed by atoms with van der Waals surface area (Å²) in [6, 6.07) is 10.6. The first-order valence-electron chi connectivity index (χ1n) is 8.63. The molecule has 0 bridgehead atoms. The lowest BCUT2D eigenvalue weighted by Gasteiger charge is -2.26. The van der Waals surface area contributed by atoms with Crippen molar-refractivity contribution >= 4 is 5.91 Å². The number of rotatable bonds is 3. The van der Waals surface area contributed by atoms with Gasteiger partial charge >= 0.3 is 0 Å². The molecule has 1 aliphatic carbocycles. The Hall–Kier alpha value is -2.10. The highest BCUT2D eigenvalue weighted by atomic mass is 16.2. The second-order valence-corrected chi connectivity index (χ2v) is 6.90. The quantitative estimate of drug-likeness (QED) is 0.947. The zero-order valence-electron chi connectivity index (χ0n) is 13.4. The minimum Gasteiger partial charge on any atom is -0.348 e. The summed E-state index contributed by atoms with van der Waals surface area (Å²) in [7, 11) is 0. The maximum absolute atomic E-state index is 12.8. The van der Waals surface area contributed by atoms with Crippen LogP contribution in [0, 0.1) is 11.8 Å². The summed E-state index contributed by atoms with van der Waals surface area (Å²) >= 11 is 0. The number of carbonyl (C=O) groups is 1. The first-order valence-corrected chi connectivity index (χ1v) is 8.63. The van der Waals surface area contributed by atoms with E-state index >= 15 is 0 Å². The van der Waals surface area contributed by atoms with Gasteiger partial charge in [0.1, 0.15) is 0 Å². The van der Waals surface area contributed by atoms with Gasteiger partial charge in [-0.3, -0.25) is 4.79 Å². The van der Waals surface area contributed by atoms with Gasteiger partial charge in [-0.25, -0.2) is 4.98 Å². The Balaban J connectivity index is 1.35. The van der Waals surface area contributed by atoms with Gasteiger partial charge in [0.15, 0.2) is 0 Å². The number of imidazole rings is 1. The number of nitrogens with one attached hydrogen (secondary N) is 1. The Labute approximate surface area is 136 Å². The van der Waals surface area contributed by atoms with Gasteiger partial charge in [-0.05, 0) is 37.2 Å². The first-order chi connectivity index (χ1) is 11.3. The van der Waals surface area contributed by atoms with E-state index in [9.17, 15) is 4.79 Å². The summed E-state index contributed by atoms with van der Waals surface area (Å²) in [6.07, 6.45) is 6.66. The monoisotopic (exact) mass is 309 g/mol. The minimum absolute atomic E-state index is 0.137. The maximum Gasteiger partial charge on any atom is 0.226 e. The molecule has 1 fully saturated rings. The molecule has 1 saturated heterocycles. The topological polar surface area (TPSA) is 49.0 Å². The summed E-state index contributed by atoms with van der Waals surface area (Å²) in [5.41, 5.74) is 3.69. The molecule has 0 spiro atoms. The highest BCUT2D eigenvalue weighted by molar-refractivity contribution is 5.79. The number of aromatic amines is 1. The van der Waals surface area contributed by atoms with Crippen LogP contribution < -0.4 is 0 Å². The second-order valence-electron chi connectivity index (χ2n) is 6.90. The summed E-state index contributed by atoms with van der Waals surface area (Å²) in [5.74, 6) is 1.09. The first kappa shape index (κ1) is 14.5. The largest absolute Gasteiger partial charge is 0.348 e. The number of H-pyrrole nitrogens is 1. The number of hydrogen-bond donors (Lipinski definition) is 1. The normalized spacial score (nSPS) is 23.7. The molecule has 4 nitrogen and oxygen atoms in total. The molecule has 23 heavy (non-hydrogen) atoms. The molecule has 120 valence electrons. The van der Waals surface area contributed by atoms with Crippen molar-refractivity contribution < 1.29 is 4.79 Å². The zero-order chi connectivity index (χ0) is 15.6. The molecule has 0 unspecified atom stereocenters. The second kappa shape index (κ2) is 6.19. The third-order valence-electron chi connectivity index (χ3n) is 5.30. The number of hydrogen-bond acceptors (Lipinski definition) is 2. The number of aromatic nitrogens is 2. The van der Waals surface area contributed by atoms with Crippen molar-refractivity contribution in [3.05, 3.63) is 53.6 Å². The van der Waals surface area contributed by atoms with Gasteiger partial charge in [0.05, 0.1) is 12.0 Å². The lowest BCUT2D eigenvalue weighted by atomic mass is 9.89. The smallest absolute Gasteiger partial charge is 0.226 e. The molecule has 0 saturated carbocycles. The number of amides is 1. The Bertz CT molecular complexity index is 679. The zero-order valence-corrected chi connectivity index (χ0v) is 13.4. The van der Waals surface area contributed by atoms with Crippen molar-refractivity contribution in [1.29, 1.82) is 0 Å². The van der Waals surface area contributed by atoms with Crippen LogP contribution >= 0.6 is 0 Å². The SMILES string of the molecule is O=C([C@@H]1CCc2nc[nH]c2C1)N1CC[C@@H](Cc2ccccc2)C1. The van der Waals surface area contributed by atoms with E-state index in [4.69, 9.17) is 0 Å². The fourth-order valence-electron chi connectivity index (χ4n) is 4.02. The predicted octanol–water partition coefficient (Wildman–Crippen LogP) is 2.61. The molecule has 0 radical (unpaired) electrons. The number of aryl methyl sites for hydroxylation is 1. The fraction of sp³-hybridized carbons (Fsp3) is 0.474. The van der Waals surface area contributed by atoms with Gasteiger partial charge in [-0.1, -0.05) is 30.3 Å². The summed E-state index contributed by atoms with van der Waals surface area (Å²) in [6.45, 7) is 1.84. The van der Waals surface area contributed by atoms with Crippen molar-refractivity contribution in [2.45, 2.75) is 32.1 Å². The molecule has 2 heterocycles. The molecule has 1 amide bonds. The number of likely N-dealkylation sites (tertiary alicyclic amines) is 1. The van der Waals surface area contributed by atoms with E-state index in [1.807, 2.05) is 0 Å². The van der Waals surface area contributed by atoms with E-state index < -0.39 is 0 Å². The van der Waals surface area contributed by atoms with Crippen LogP contribution in [0.5, 0.6) is 0 Å². The molecule has 4 heteroatoms. The molecular weight excluding hydrogens is 286 g/mol. The van der Waals surface area contributed by atoms with Crippen molar-refractivity contribution in [3.8, 4) is 0 Å². The van der Waals surface area contributed by atoms with Crippen LogP contribution in [0.3, 0.4) is 0 Å². The van der Waals surface area contributed by atoms with Gasteiger partial charge in [-0.15, -0.1) is 0 Å². The molecule has 1 aromatic carbocycles. The van der Waals surface area contributed by atoms with Crippen LogP contribution in [-0.4, -0.2) is 33.9 Å². The Morgan fingerprint density at radius 1 is 1.26 bits per heavy atom. The highest BCUT2D eigenvalue weighted by Gasteiger charge is 2.33. The Morgan fingerprint density at radius 3 is 3.00 bits per heavy atom. The Kier molecular flexibility index (Phi) is 3.90. The summed E-state index contributed by atoms with van der Waals surface area (Å²) in [5, 5.41) is 0. The van der Waals surface area contributed by atoms with Crippen molar-refractivity contribution in [2.75, 3.05) is 13.1 Å². The van der Waals surface area contributed by atoms with Crippen LogP contribution in [0.1, 0.15) is 29.8 Å². The number of benzene rings is 1. The molecule has 1 aliphatic heterocycles. The molecule has 4 rings (SSSR count). The van der Waals surface area contributed by atoms with Gasteiger partial charge < -0.3 is 9.88 Å². The number of fused-ring (bicyclic) bond motifs is 1. The molecular formula is C19H23N3O. The van der Waals surface area contributed by atoms with Crippen LogP contribution in [0.2, 0.25) is 0 Å². The number of carbonyl (C=O) groups excluding carboxylic acids is 1. The van der Waals surface area contributed by atoms with Crippen LogP contribution in [0.25, 0.3) is 0 Å². The van der Waals surface area contributed by atoms with Crippen LogP contribution in [-0.2, 0) is 24.1 Å².